The first-order valence-electron chi connectivity index (χ1n) is 5.05. The van der Waals surface area contributed by atoms with Crippen molar-refractivity contribution in [1.29, 1.82) is 0 Å². The maximum Gasteiger partial charge on any atom is 0.0701 e. The van der Waals surface area contributed by atoms with E-state index in [2.05, 4.69) is 47.4 Å². The molecule has 1 nitrogen and oxygen atoms in total. The molecular formula is C11H16BrNS. The van der Waals surface area contributed by atoms with E-state index >= 15 is 0 Å². The molecular weight excluding hydrogens is 258 g/mol. The summed E-state index contributed by atoms with van der Waals surface area (Å²) in [5.74, 6) is 0. The first kappa shape index (κ1) is 10.7. The minimum absolute atomic E-state index is 0.561. The van der Waals surface area contributed by atoms with E-state index in [-0.39, 0.29) is 0 Å². The summed E-state index contributed by atoms with van der Waals surface area (Å²) in [5, 5.41) is 3.45. The van der Waals surface area contributed by atoms with E-state index in [1.807, 2.05) is 11.3 Å². The van der Waals surface area contributed by atoms with Crippen LogP contribution in [0.1, 0.15) is 24.6 Å². The normalized spacial score (nSPS) is 20.8. The highest BCUT2D eigenvalue weighted by Crippen LogP contribution is 2.49. The largest absolute Gasteiger partial charge is 0.316 e. The summed E-state index contributed by atoms with van der Waals surface area (Å²) in [4.78, 5) is 1.48. The lowest BCUT2D eigenvalue weighted by Crippen LogP contribution is -2.35. The van der Waals surface area contributed by atoms with Crippen LogP contribution in [0.2, 0.25) is 0 Å². The smallest absolute Gasteiger partial charge is 0.0701 e. The van der Waals surface area contributed by atoms with Crippen LogP contribution in [0.25, 0.3) is 0 Å². The molecule has 2 rings (SSSR count). The van der Waals surface area contributed by atoms with Crippen molar-refractivity contribution >= 4 is 27.3 Å². The summed E-state index contributed by atoms with van der Waals surface area (Å²) in [6, 6.07) is 5.01. The molecule has 1 heterocycles. The van der Waals surface area contributed by atoms with Gasteiger partial charge in [0.05, 0.1) is 3.79 Å². The molecule has 1 atom stereocenters. The minimum atomic E-state index is 0.561. The number of rotatable bonds is 4. The van der Waals surface area contributed by atoms with Gasteiger partial charge in [0, 0.05) is 10.9 Å². The molecule has 1 N–H and O–H groups in total. The predicted molar refractivity (Wildman–Crippen MR) is 65.9 cm³/mol. The lowest BCUT2D eigenvalue weighted by Gasteiger charge is -2.22. The topological polar surface area (TPSA) is 12.0 Å². The van der Waals surface area contributed by atoms with Crippen LogP contribution in [0.15, 0.2) is 15.9 Å². The van der Waals surface area contributed by atoms with Gasteiger partial charge < -0.3 is 5.32 Å². The van der Waals surface area contributed by atoms with E-state index in [0.717, 1.165) is 0 Å². The fourth-order valence-electron chi connectivity index (χ4n) is 1.91. The lowest BCUT2D eigenvalue weighted by molar-refractivity contribution is 0.378. The second-order valence-corrected chi connectivity index (χ2v) is 6.95. The lowest BCUT2D eigenvalue weighted by atomic mass is 9.95. The van der Waals surface area contributed by atoms with Crippen molar-refractivity contribution in [1.82, 2.24) is 5.32 Å². The summed E-state index contributed by atoms with van der Waals surface area (Å²) >= 11 is 5.36. The highest BCUT2D eigenvalue weighted by molar-refractivity contribution is 9.11. The number of nitrogens with one attached hydrogen (secondary N) is 1. The number of likely N-dealkylation sites (N-methyl/N-ethyl adjacent to an activating group) is 1. The Hall–Kier alpha value is 0.140. The average Bonchev–Trinajstić information content (AvgIpc) is 2.76. The van der Waals surface area contributed by atoms with E-state index in [0.29, 0.717) is 11.5 Å². The first-order valence-corrected chi connectivity index (χ1v) is 6.66. The summed E-state index contributed by atoms with van der Waals surface area (Å²) in [5.41, 5.74) is 0.561. The van der Waals surface area contributed by atoms with Crippen molar-refractivity contribution in [3.8, 4) is 0 Å². The van der Waals surface area contributed by atoms with Gasteiger partial charge in [-0.1, -0.05) is 6.92 Å². The number of thiophene rings is 1. The molecule has 1 aromatic rings. The molecule has 0 saturated heterocycles. The molecule has 0 radical (unpaired) electrons. The van der Waals surface area contributed by atoms with Gasteiger partial charge in [-0.25, -0.2) is 0 Å². The third-order valence-electron chi connectivity index (χ3n) is 3.26. The van der Waals surface area contributed by atoms with Gasteiger partial charge in [0.1, 0.15) is 0 Å². The van der Waals surface area contributed by atoms with Crippen molar-refractivity contribution in [2.75, 3.05) is 7.05 Å². The van der Waals surface area contributed by atoms with Gasteiger partial charge in [-0.05, 0) is 59.8 Å². The Kier molecular flexibility index (Phi) is 3.01. The molecule has 0 spiro atoms. The second-order valence-electron chi connectivity index (χ2n) is 4.41. The molecule has 0 amide bonds. The van der Waals surface area contributed by atoms with Crippen molar-refractivity contribution in [3.05, 3.63) is 20.8 Å². The molecule has 78 valence electrons. The third-order valence-corrected chi connectivity index (χ3v) is 4.91. The zero-order chi connectivity index (χ0) is 10.2. The fourth-order valence-corrected chi connectivity index (χ4v) is 3.43. The van der Waals surface area contributed by atoms with Gasteiger partial charge in [0.2, 0.25) is 0 Å². The molecule has 1 saturated carbocycles. The zero-order valence-corrected chi connectivity index (χ0v) is 11.0. The van der Waals surface area contributed by atoms with E-state index in [1.54, 1.807) is 0 Å². The highest BCUT2D eigenvalue weighted by atomic mass is 79.9. The van der Waals surface area contributed by atoms with Crippen molar-refractivity contribution < 1.29 is 0 Å². The second kappa shape index (κ2) is 3.95. The van der Waals surface area contributed by atoms with Crippen molar-refractivity contribution in [3.63, 3.8) is 0 Å². The van der Waals surface area contributed by atoms with Gasteiger partial charge in [0.25, 0.3) is 0 Å². The predicted octanol–water partition coefficient (Wildman–Crippen LogP) is 3.44. The average molecular weight is 274 g/mol. The molecule has 0 bridgehead atoms. The molecule has 3 heteroatoms. The summed E-state index contributed by atoms with van der Waals surface area (Å²) in [6.45, 7) is 2.39. The summed E-state index contributed by atoms with van der Waals surface area (Å²) in [7, 11) is 2.08. The number of hydrogen-bond acceptors (Lipinski definition) is 2. The quantitative estimate of drug-likeness (QED) is 0.886. The molecule has 14 heavy (non-hydrogen) atoms. The monoisotopic (exact) mass is 273 g/mol. The van der Waals surface area contributed by atoms with Gasteiger partial charge in [0.15, 0.2) is 0 Å². The van der Waals surface area contributed by atoms with Crippen molar-refractivity contribution in [2.24, 2.45) is 5.41 Å². The summed E-state index contributed by atoms with van der Waals surface area (Å²) in [6.07, 6.45) is 3.93. The summed E-state index contributed by atoms with van der Waals surface area (Å²) < 4.78 is 1.24. The van der Waals surface area contributed by atoms with Crippen LogP contribution >= 0.6 is 27.3 Å². The van der Waals surface area contributed by atoms with E-state index in [4.69, 9.17) is 0 Å². The third kappa shape index (κ3) is 2.20. The molecule has 0 aliphatic heterocycles. The SMILES string of the molecule is CNC(Cc1ccc(Br)s1)C1(C)CC1. The van der Waals surface area contributed by atoms with Gasteiger partial charge >= 0.3 is 0 Å². The number of hydrogen-bond donors (Lipinski definition) is 1. The van der Waals surface area contributed by atoms with E-state index in [9.17, 15) is 0 Å². The van der Waals surface area contributed by atoms with Gasteiger partial charge in [-0.3, -0.25) is 0 Å². The molecule has 1 unspecified atom stereocenters. The number of halogens is 1. The molecule has 1 fully saturated rings. The van der Waals surface area contributed by atoms with Gasteiger partial charge in [-0.2, -0.15) is 0 Å². The van der Waals surface area contributed by atoms with Crippen molar-refractivity contribution in [2.45, 2.75) is 32.2 Å². The molecule has 1 aromatic heterocycles. The van der Waals surface area contributed by atoms with Gasteiger partial charge in [-0.15, -0.1) is 11.3 Å². The fraction of sp³-hybridized carbons (Fsp3) is 0.636. The Morgan fingerprint density at radius 2 is 2.29 bits per heavy atom. The Morgan fingerprint density at radius 3 is 2.71 bits per heavy atom. The molecule has 1 aliphatic carbocycles. The van der Waals surface area contributed by atoms with E-state index in [1.165, 1.54) is 27.9 Å². The highest BCUT2D eigenvalue weighted by Gasteiger charge is 2.43. The Labute approximate surface area is 98.0 Å². The van der Waals surface area contributed by atoms with Crippen LogP contribution in [0.3, 0.4) is 0 Å². The Balaban J connectivity index is 2.01. The maximum absolute atomic E-state index is 3.51. The molecule has 0 aromatic carbocycles. The molecule has 1 aliphatic rings. The van der Waals surface area contributed by atoms with Crippen LogP contribution in [0.4, 0.5) is 0 Å². The van der Waals surface area contributed by atoms with Crippen LogP contribution < -0.4 is 5.32 Å². The zero-order valence-electron chi connectivity index (χ0n) is 8.64. The standard InChI is InChI=1S/C11H16BrNS/c1-11(5-6-11)9(13-2)7-8-3-4-10(12)14-8/h3-4,9,13H,5-7H2,1-2H3. The van der Waals surface area contributed by atoms with Crippen LogP contribution in [0.5, 0.6) is 0 Å². The first-order chi connectivity index (χ1) is 6.64. The van der Waals surface area contributed by atoms with E-state index < -0.39 is 0 Å². The Bertz CT molecular complexity index is 317. The van der Waals surface area contributed by atoms with Crippen LogP contribution in [0, 0.1) is 5.41 Å². The Morgan fingerprint density at radius 1 is 1.57 bits per heavy atom. The van der Waals surface area contributed by atoms with Crippen LogP contribution in [-0.4, -0.2) is 13.1 Å². The van der Waals surface area contributed by atoms with Crippen LogP contribution in [-0.2, 0) is 6.42 Å². The maximum atomic E-state index is 3.51. The minimum Gasteiger partial charge on any atom is -0.316 e.